The molecule has 1 N–H and O–H groups in total. The minimum absolute atomic E-state index is 0.222. The predicted molar refractivity (Wildman–Crippen MR) is 87.7 cm³/mol. The van der Waals surface area contributed by atoms with Crippen LogP contribution >= 0.6 is 11.8 Å². The summed E-state index contributed by atoms with van der Waals surface area (Å²) in [4.78, 5) is 28.5. The van der Waals surface area contributed by atoms with E-state index in [-0.39, 0.29) is 29.6 Å². The number of methoxy groups -OCH3 is 1. The molecule has 0 aliphatic carbocycles. The summed E-state index contributed by atoms with van der Waals surface area (Å²) in [6, 6.07) is 6.73. The first kappa shape index (κ1) is 19.3. The maximum absolute atomic E-state index is 12.6. The van der Waals surface area contributed by atoms with Gasteiger partial charge in [0.2, 0.25) is 5.91 Å². The number of thioether (sulfide) groups is 1. The topological polar surface area (TPSA) is 73.2 Å². The molecule has 2 rings (SSSR count). The predicted octanol–water partition coefficient (Wildman–Crippen LogP) is 1.81. The van der Waals surface area contributed by atoms with Gasteiger partial charge in [-0.3, -0.25) is 14.2 Å². The Hall–Kier alpha value is -2.07. The van der Waals surface area contributed by atoms with Crippen molar-refractivity contribution in [2.45, 2.75) is 17.9 Å². The van der Waals surface area contributed by atoms with Crippen LogP contribution in [0.25, 0.3) is 10.9 Å². The second-order valence-corrected chi connectivity index (χ2v) is 5.98. The Bertz CT molecular complexity index is 808. The molecule has 0 aliphatic heterocycles. The maximum Gasteiger partial charge on any atom is 0.405 e. The van der Waals surface area contributed by atoms with Gasteiger partial charge in [0.1, 0.15) is 6.54 Å². The molecule has 0 aliphatic rings. The lowest BCUT2D eigenvalue weighted by molar-refractivity contribution is -0.136. The number of carbonyl (C=O) groups excluding carboxylic acids is 1. The molecule has 0 atom stereocenters. The van der Waals surface area contributed by atoms with Crippen LogP contribution in [-0.2, 0) is 16.1 Å². The largest absolute Gasteiger partial charge is 0.405 e. The number of nitrogens with zero attached hydrogens (tertiary/aromatic N) is 2. The monoisotopic (exact) mass is 375 g/mol. The van der Waals surface area contributed by atoms with Crippen molar-refractivity contribution < 1.29 is 22.7 Å². The van der Waals surface area contributed by atoms with E-state index < -0.39 is 18.6 Å². The average Bonchev–Trinajstić information content (AvgIpc) is 2.57. The molecule has 0 fully saturated rings. The summed E-state index contributed by atoms with van der Waals surface area (Å²) in [7, 11) is 1.48. The Morgan fingerprint density at radius 3 is 2.76 bits per heavy atom. The number of para-hydroxylation sites is 1. The Labute approximate surface area is 145 Å². The highest BCUT2D eigenvalue weighted by Gasteiger charge is 2.27. The molecule has 136 valence electrons. The molecule has 25 heavy (non-hydrogen) atoms. The number of halogens is 3. The standard InChI is InChI=1S/C15H16F3N3O3S/c1-24-7-6-21-13(23)10-4-2-3-5-11(10)20-14(21)25-8-12(22)19-9-15(16,17)18/h2-5H,6-9H2,1H3,(H,19,22). The zero-order chi connectivity index (χ0) is 18.4. The van der Waals surface area contributed by atoms with Gasteiger partial charge in [0.05, 0.1) is 29.8 Å². The van der Waals surface area contributed by atoms with E-state index in [1.165, 1.54) is 11.7 Å². The number of nitrogens with one attached hydrogen (secondary N) is 1. The lowest BCUT2D eigenvalue weighted by Crippen LogP contribution is -2.35. The average molecular weight is 375 g/mol. The second kappa shape index (κ2) is 8.34. The van der Waals surface area contributed by atoms with Crippen molar-refractivity contribution in [3.63, 3.8) is 0 Å². The van der Waals surface area contributed by atoms with Crippen LogP contribution in [0.4, 0.5) is 13.2 Å². The van der Waals surface area contributed by atoms with Crippen molar-refractivity contribution in [2.24, 2.45) is 0 Å². The summed E-state index contributed by atoms with van der Waals surface area (Å²) >= 11 is 0.902. The summed E-state index contributed by atoms with van der Waals surface area (Å²) in [5, 5.41) is 2.46. The molecule has 0 radical (unpaired) electrons. The highest BCUT2D eigenvalue weighted by molar-refractivity contribution is 7.99. The maximum atomic E-state index is 12.6. The first-order valence-electron chi connectivity index (χ1n) is 7.26. The van der Waals surface area contributed by atoms with Crippen LogP contribution in [0.1, 0.15) is 0 Å². The van der Waals surface area contributed by atoms with Crippen molar-refractivity contribution in [2.75, 3.05) is 26.0 Å². The van der Waals surface area contributed by atoms with Gasteiger partial charge in [-0.05, 0) is 12.1 Å². The fourth-order valence-corrected chi connectivity index (χ4v) is 2.87. The number of aromatic nitrogens is 2. The van der Waals surface area contributed by atoms with Crippen molar-refractivity contribution in [3.05, 3.63) is 34.6 Å². The van der Waals surface area contributed by atoms with Crippen molar-refractivity contribution >= 4 is 28.6 Å². The summed E-state index contributed by atoms with van der Waals surface area (Å²) in [6.07, 6.45) is -4.47. The molecule has 1 heterocycles. The zero-order valence-corrected chi connectivity index (χ0v) is 14.1. The Kier molecular flexibility index (Phi) is 6.43. The quantitative estimate of drug-likeness (QED) is 0.590. The Morgan fingerprint density at radius 1 is 1.36 bits per heavy atom. The first-order valence-corrected chi connectivity index (χ1v) is 8.25. The summed E-state index contributed by atoms with van der Waals surface area (Å²) in [6.45, 7) is -0.915. The van der Waals surface area contributed by atoms with Crippen LogP contribution in [0.5, 0.6) is 0 Å². The Morgan fingerprint density at radius 2 is 2.08 bits per heavy atom. The van der Waals surface area contributed by atoms with E-state index in [9.17, 15) is 22.8 Å². The number of carbonyl (C=O) groups is 1. The third-order valence-electron chi connectivity index (χ3n) is 3.16. The molecule has 6 nitrogen and oxygen atoms in total. The van der Waals surface area contributed by atoms with E-state index in [1.54, 1.807) is 29.6 Å². The van der Waals surface area contributed by atoms with Crippen LogP contribution in [0.15, 0.2) is 34.2 Å². The first-order chi connectivity index (χ1) is 11.8. The third-order valence-corrected chi connectivity index (χ3v) is 4.14. The van der Waals surface area contributed by atoms with E-state index in [0.29, 0.717) is 10.9 Å². The number of ether oxygens (including phenoxy) is 1. The molecular weight excluding hydrogens is 359 g/mol. The number of alkyl halides is 3. The van der Waals surface area contributed by atoms with Gasteiger partial charge < -0.3 is 10.1 Å². The van der Waals surface area contributed by atoms with E-state index in [0.717, 1.165) is 11.8 Å². The number of hydrogen-bond donors (Lipinski definition) is 1. The van der Waals surface area contributed by atoms with Crippen LogP contribution in [-0.4, -0.2) is 47.6 Å². The van der Waals surface area contributed by atoms with Crippen molar-refractivity contribution in [1.29, 1.82) is 0 Å². The van der Waals surface area contributed by atoms with Gasteiger partial charge >= 0.3 is 6.18 Å². The van der Waals surface area contributed by atoms with Gasteiger partial charge in [0.25, 0.3) is 5.56 Å². The van der Waals surface area contributed by atoms with Gasteiger partial charge in [0, 0.05) is 7.11 Å². The number of benzene rings is 1. The molecule has 2 aromatic rings. The number of hydrogen-bond acceptors (Lipinski definition) is 5. The van der Waals surface area contributed by atoms with Crippen molar-refractivity contribution in [3.8, 4) is 0 Å². The van der Waals surface area contributed by atoms with Crippen LogP contribution in [0.2, 0.25) is 0 Å². The minimum atomic E-state index is -4.47. The van der Waals surface area contributed by atoms with Crippen LogP contribution in [0.3, 0.4) is 0 Å². The highest BCUT2D eigenvalue weighted by atomic mass is 32.2. The highest BCUT2D eigenvalue weighted by Crippen LogP contribution is 2.18. The fourth-order valence-electron chi connectivity index (χ4n) is 2.02. The summed E-state index contributed by atoms with van der Waals surface area (Å²) in [5.74, 6) is -1.07. The zero-order valence-electron chi connectivity index (χ0n) is 13.3. The van der Waals surface area contributed by atoms with Crippen LogP contribution in [0, 0.1) is 0 Å². The second-order valence-electron chi connectivity index (χ2n) is 5.04. The number of fused-ring (bicyclic) bond motifs is 1. The molecule has 0 saturated carbocycles. The normalized spacial score (nSPS) is 11.7. The molecule has 0 saturated heterocycles. The molecule has 0 spiro atoms. The van der Waals surface area contributed by atoms with Gasteiger partial charge in [-0.2, -0.15) is 13.2 Å². The molecule has 1 aromatic heterocycles. The number of amides is 1. The molecule has 1 amide bonds. The van der Waals surface area contributed by atoms with E-state index in [2.05, 4.69) is 4.98 Å². The molecule has 10 heteroatoms. The molecule has 0 unspecified atom stereocenters. The van der Waals surface area contributed by atoms with Crippen LogP contribution < -0.4 is 10.9 Å². The SMILES string of the molecule is COCCn1c(SCC(=O)NCC(F)(F)F)nc2ccccc2c1=O. The fraction of sp³-hybridized carbons (Fsp3) is 0.400. The lowest BCUT2D eigenvalue weighted by atomic mass is 10.2. The van der Waals surface area contributed by atoms with E-state index in [4.69, 9.17) is 4.74 Å². The summed E-state index contributed by atoms with van der Waals surface area (Å²) in [5.41, 5.74) is 0.167. The van der Waals surface area contributed by atoms with Gasteiger partial charge in [0.15, 0.2) is 5.16 Å². The Balaban J connectivity index is 2.20. The third kappa shape index (κ3) is 5.46. The van der Waals surface area contributed by atoms with Gasteiger partial charge in [-0.1, -0.05) is 23.9 Å². The summed E-state index contributed by atoms with van der Waals surface area (Å²) < 4.78 is 42.7. The minimum Gasteiger partial charge on any atom is -0.383 e. The molecule has 1 aromatic carbocycles. The lowest BCUT2D eigenvalue weighted by Gasteiger charge is -2.13. The number of rotatable bonds is 7. The van der Waals surface area contributed by atoms with Crippen molar-refractivity contribution in [1.82, 2.24) is 14.9 Å². The molecule has 0 bridgehead atoms. The van der Waals surface area contributed by atoms with Gasteiger partial charge in [-0.25, -0.2) is 4.98 Å². The van der Waals surface area contributed by atoms with E-state index in [1.807, 2.05) is 0 Å². The smallest absolute Gasteiger partial charge is 0.383 e. The van der Waals surface area contributed by atoms with Gasteiger partial charge in [-0.15, -0.1) is 0 Å². The van der Waals surface area contributed by atoms with E-state index >= 15 is 0 Å². The molecular formula is C15H16F3N3O3S.